The number of aryl methyl sites for hydroxylation is 4. The van der Waals surface area contributed by atoms with Crippen molar-refractivity contribution in [1.82, 2.24) is 0 Å². The molecule has 0 saturated carbocycles. The Morgan fingerprint density at radius 1 is 0.564 bits per heavy atom. The molecule has 0 spiro atoms. The van der Waals surface area contributed by atoms with E-state index < -0.39 is 0 Å². The molecule has 10 rings (SSSR count). The highest BCUT2D eigenvalue weighted by Gasteiger charge is 2.48. The highest BCUT2D eigenvalue weighted by molar-refractivity contribution is 7.01. The second-order valence-electron chi connectivity index (χ2n) is 18.0. The molecule has 0 saturated heterocycles. The van der Waals surface area contributed by atoms with Crippen LogP contribution in [0.1, 0.15) is 80.5 Å². The first-order valence-corrected chi connectivity index (χ1v) is 19.4. The fourth-order valence-electron chi connectivity index (χ4n) is 9.41. The molecule has 0 aliphatic carbocycles. The van der Waals surface area contributed by atoms with Gasteiger partial charge in [0, 0.05) is 39.5 Å². The summed E-state index contributed by atoms with van der Waals surface area (Å²) in [5.74, 6) is 3.90. The molecule has 8 heteroatoms. The maximum absolute atomic E-state index is 7.13. The van der Waals surface area contributed by atoms with Gasteiger partial charge in [0.25, 0.3) is 6.71 Å². The minimum atomic E-state index is -0.154. The maximum atomic E-state index is 7.13. The van der Waals surface area contributed by atoms with Crippen LogP contribution in [-0.4, -0.2) is 20.3 Å². The Morgan fingerprint density at radius 2 is 1.18 bits per heavy atom. The number of nitrogens with zero attached hydrogens (tertiary/aromatic N) is 2. The van der Waals surface area contributed by atoms with E-state index in [0.717, 1.165) is 90.2 Å². The van der Waals surface area contributed by atoms with Crippen LogP contribution in [0.15, 0.2) is 65.1 Å². The smallest absolute Gasteiger partial charge is 0.257 e. The van der Waals surface area contributed by atoms with Gasteiger partial charge in [-0.3, -0.25) is 4.90 Å². The molecule has 5 aromatic carbocycles. The van der Waals surface area contributed by atoms with Crippen LogP contribution in [0.2, 0.25) is 0 Å². The number of furan rings is 1. The van der Waals surface area contributed by atoms with Gasteiger partial charge in [0.15, 0.2) is 23.0 Å². The van der Waals surface area contributed by atoms with Crippen LogP contribution < -0.4 is 45.1 Å². The van der Waals surface area contributed by atoms with Gasteiger partial charge >= 0.3 is 0 Å². The summed E-state index contributed by atoms with van der Waals surface area (Å²) >= 11 is 0. The monoisotopic (exact) mass is 730 g/mol. The third-order valence-electron chi connectivity index (χ3n) is 12.1. The summed E-state index contributed by atoms with van der Waals surface area (Å²) in [6.07, 6.45) is 0. The van der Waals surface area contributed by atoms with Gasteiger partial charge in [0.2, 0.25) is 19.5 Å². The minimum Gasteiger partial charge on any atom is -0.454 e. The predicted octanol–water partition coefficient (Wildman–Crippen LogP) is 10.1. The Balaban J connectivity index is 1.35. The summed E-state index contributed by atoms with van der Waals surface area (Å²) in [4.78, 5) is 4.85. The largest absolute Gasteiger partial charge is 0.454 e. The Hall–Kier alpha value is -5.50. The van der Waals surface area contributed by atoms with E-state index in [9.17, 15) is 0 Å². The zero-order valence-corrected chi connectivity index (χ0v) is 33.7. The van der Waals surface area contributed by atoms with Gasteiger partial charge in [-0.15, -0.1) is 0 Å². The van der Waals surface area contributed by atoms with Crippen LogP contribution in [-0.2, 0) is 10.8 Å². The summed E-state index contributed by atoms with van der Waals surface area (Å²) in [6, 6.07) is 22.7. The average Bonchev–Trinajstić information content (AvgIpc) is 3.86. The zero-order valence-electron chi connectivity index (χ0n) is 33.7. The molecule has 7 nitrogen and oxygen atoms in total. The van der Waals surface area contributed by atoms with Crippen molar-refractivity contribution in [1.29, 1.82) is 0 Å². The number of benzene rings is 5. The number of fused-ring (bicyclic) bond motifs is 8. The van der Waals surface area contributed by atoms with Crippen molar-refractivity contribution >= 4 is 68.4 Å². The van der Waals surface area contributed by atoms with Crippen LogP contribution in [0.4, 0.5) is 34.3 Å². The Labute approximate surface area is 323 Å². The van der Waals surface area contributed by atoms with E-state index in [2.05, 4.69) is 147 Å². The SMILES string of the molecule is Cc1cc2c3c(c1)N(c1c(C)cc4c(c1C)OCO4)c1oc4ccc(C(C)(C)C)cc4c1B3c1cc3c(cc1N2c1c(C)cc(C(C)(C)C)cc1C)OCO3. The van der Waals surface area contributed by atoms with E-state index in [-0.39, 0.29) is 31.1 Å². The summed E-state index contributed by atoms with van der Waals surface area (Å²) in [6.45, 7) is 24.9. The second kappa shape index (κ2) is 11.3. The summed E-state index contributed by atoms with van der Waals surface area (Å²) in [5.41, 5.74) is 18.2. The van der Waals surface area contributed by atoms with Crippen molar-refractivity contribution in [2.45, 2.75) is 87.0 Å². The van der Waals surface area contributed by atoms with Crippen molar-refractivity contribution in [3.8, 4) is 23.0 Å². The third kappa shape index (κ3) is 4.82. The first-order valence-electron chi connectivity index (χ1n) is 19.4. The molecule has 1 aromatic heterocycles. The van der Waals surface area contributed by atoms with Gasteiger partial charge in [-0.05, 0) is 126 Å². The van der Waals surface area contributed by atoms with Crippen LogP contribution >= 0.6 is 0 Å². The molecule has 0 bridgehead atoms. The van der Waals surface area contributed by atoms with Crippen LogP contribution in [0.25, 0.3) is 11.0 Å². The molecule has 4 aliphatic heterocycles. The lowest BCUT2D eigenvalue weighted by molar-refractivity contribution is 0.173. The quantitative estimate of drug-likeness (QED) is 0.164. The summed E-state index contributed by atoms with van der Waals surface area (Å²) < 4.78 is 31.4. The number of ether oxygens (including phenoxy) is 4. The molecule has 6 aromatic rings. The Kier molecular flexibility index (Phi) is 6.98. The van der Waals surface area contributed by atoms with E-state index in [1.165, 1.54) is 33.4 Å². The molecule has 55 heavy (non-hydrogen) atoms. The molecule has 0 amide bonds. The fraction of sp³-hybridized carbons (Fsp3) is 0.319. The Morgan fingerprint density at radius 3 is 1.87 bits per heavy atom. The molecule has 5 heterocycles. The van der Waals surface area contributed by atoms with E-state index >= 15 is 0 Å². The number of hydrogen-bond donors (Lipinski definition) is 0. The van der Waals surface area contributed by atoms with Gasteiger partial charge in [-0.1, -0.05) is 59.7 Å². The molecule has 0 unspecified atom stereocenters. The Bertz CT molecular complexity index is 2640. The number of anilines is 6. The van der Waals surface area contributed by atoms with Gasteiger partial charge in [-0.25, -0.2) is 0 Å². The van der Waals surface area contributed by atoms with E-state index in [0.29, 0.717) is 0 Å². The van der Waals surface area contributed by atoms with Crippen molar-refractivity contribution in [3.63, 3.8) is 0 Å². The second-order valence-corrected chi connectivity index (χ2v) is 18.0. The number of rotatable bonds is 2. The lowest BCUT2D eigenvalue weighted by atomic mass is 9.33. The molecule has 0 fully saturated rings. The van der Waals surface area contributed by atoms with Gasteiger partial charge < -0.3 is 28.3 Å². The number of hydrogen-bond acceptors (Lipinski definition) is 7. The third-order valence-corrected chi connectivity index (χ3v) is 12.1. The van der Waals surface area contributed by atoms with Crippen molar-refractivity contribution < 1.29 is 23.4 Å². The van der Waals surface area contributed by atoms with Crippen LogP contribution in [0.5, 0.6) is 23.0 Å². The van der Waals surface area contributed by atoms with Crippen LogP contribution in [0.3, 0.4) is 0 Å². The topological polar surface area (TPSA) is 56.5 Å². The van der Waals surface area contributed by atoms with E-state index in [1.54, 1.807) is 0 Å². The lowest BCUT2D eigenvalue weighted by Crippen LogP contribution is -2.61. The standard InChI is InChI=1S/C47H47BN2O5/c1-24-14-34-41-35(15-24)50(43-27(4)18-39-44(28(43)5)54-23-53-39)45-40(31-19-29(46(6,7)8)12-13-36(31)55-45)48(41)32-20-37-38(52-22-51-37)21-33(32)49(34)42-25(2)16-30(17-26(42)3)47(9,10)11/h12-21H,22-23H2,1-11H3. The molecular formula is C47H47BN2O5. The first kappa shape index (κ1) is 34.0. The minimum absolute atomic E-state index is 0.0128. The molecule has 0 N–H and O–H groups in total. The summed E-state index contributed by atoms with van der Waals surface area (Å²) in [5, 5.41) is 1.12. The molecule has 4 aliphatic rings. The highest BCUT2D eigenvalue weighted by Crippen LogP contribution is 2.53. The van der Waals surface area contributed by atoms with Gasteiger partial charge in [0.05, 0.1) is 11.4 Å². The zero-order chi connectivity index (χ0) is 38.5. The molecule has 0 radical (unpaired) electrons. The normalized spacial score (nSPS) is 15.1. The predicted molar refractivity (Wildman–Crippen MR) is 224 cm³/mol. The molecular weight excluding hydrogens is 683 g/mol. The van der Waals surface area contributed by atoms with E-state index in [4.69, 9.17) is 23.4 Å². The van der Waals surface area contributed by atoms with Crippen LogP contribution in [0, 0.1) is 34.6 Å². The maximum Gasteiger partial charge on any atom is 0.257 e. The summed E-state index contributed by atoms with van der Waals surface area (Å²) in [7, 11) is 0. The van der Waals surface area contributed by atoms with Gasteiger partial charge in [0.1, 0.15) is 5.58 Å². The molecule has 278 valence electrons. The molecule has 0 atom stereocenters. The lowest BCUT2D eigenvalue weighted by Gasteiger charge is -2.44. The van der Waals surface area contributed by atoms with E-state index in [1.807, 2.05) is 0 Å². The van der Waals surface area contributed by atoms with Crippen molar-refractivity contribution in [3.05, 3.63) is 99.6 Å². The highest BCUT2D eigenvalue weighted by atomic mass is 16.7. The average molecular weight is 731 g/mol. The van der Waals surface area contributed by atoms with Gasteiger partial charge in [-0.2, -0.15) is 0 Å². The van der Waals surface area contributed by atoms with Crippen molar-refractivity contribution in [2.24, 2.45) is 0 Å². The fourth-order valence-corrected chi connectivity index (χ4v) is 9.41. The van der Waals surface area contributed by atoms with Crippen molar-refractivity contribution in [2.75, 3.05) is 23.4 Å². The first-order chi connectivity index (χ1) is 26.1.